The van der Waals surface area contributed by atoms with Gasteiger partial charge in [0.2, 0.25) is 5.95 Å². The smallest absolute Gasteiger partial charge is 0.231 e. The lowest BCUT2D eigenvalue weighted by Gasteiger charge is -2.20. The molecule has 2 aliphatic rings. The highest BCUT2D eigenvalue weighted by atomic mass is 16.5. The Hall–Kier alpha value is -2.54. The van der Waals surface area contributed by atoms with Crippen LogP contribution in [0.25, 0.3) is 0 Å². The van der Waals surface area contributed by atoms with E-state index in [1.54, 1.807) is 19.4 Å². The lowest BCUT2D eigenvalue weighted by molar-refractivity contribution is 0.230. The van der Waals surface area contributed by atoms with E-state index in [2.05, 4.69) is 14.9 Å². The van der Waals surface area contributed by atoms with Crippen molar-refractivity contribution in [2.75, 3.05) is 44.5 Å². The fraction of sp³-hybridized carbons (Fsp3) is 0.500. The molecule has 2 aromatic rings. The molecule has 1 aromatic heterocycles. The molecule has 2 N–H and O–H groups in total. The second-order valence-corrected chi connectivity index (χ2v) is 7.37. The first kappa shape index (κ1) is 17.9. The van der Waals surface area contributed by atoms with Crippen molar-refractivity contribution in [1.82, 2.24) is 14.9 Å². The van der Waals surface area contributed by atoms with Gasteiger partial charge in [0.1, 0.15) is 5.82 Å². The van der Waals surface area contributed by atoms with Gasteiger partial charge in [-0.1, -0.05) is 0 Å². The van der Waals surface area contributed by atoms with Gasteiger partial charge in [0, 0.05) is 43.5 Å². The number of nitrogens with two attached hydrogens (primary N) is 1. The molecule has 27 heavy (non-hydrogen) atoms. The van der Waals surface area contributed by atoms with Crippen molar-refractivity contribution >= 4 is 17.5 Å². The van der Waals surface area contributed by atoms with Crippen molar-refractivity contribution in [2.24, 2.45) is 5.92 Å². The predicted molar refractivity (Wildman–Crippen MR) is 106 cm³/mol. The minimum Gasteiger partial charge on any atom is -0.493 e. The molecule has 0 spiro atoms. The van der Waals surface area contributed by atoms with E-state index in [9.17, 15) is 0 Å². The Labute approximate surface area is 160 Å². The molecule has 0 bridgehead atoms. The number of aromatic nitrogens is 2. The van der Waals surface area contributed by atoms with E-state index in [-0.39, 0.29) is 0 Å². The van der Waals surface area contributed by atoms with E-state index in [1.165, 1.54) is 25.8 Å². The van der Waals surface area contributed by atoms with E-state index < -0.39 is 0 Å². The highest BCUT2D eigenvalue weighted by Crippen LogP contribution is 2.35. The molecule has 0 amide bonds. The third-order valence-corrected chi connectivity index (χ3v) is 5.35. The lowest BCUT2D eigenvalue weighted by atomic mass is 10.1. The average molecular weight is 369 g/mol. The number of benzene rings is 1. The van der Waals surface area contributed by atoms with Crippen LogP contribution in [0.5, 0.6) is 11.5 Å². The highest BCUT2D eigenvalue weighted by Gasteiger charge is 2.34. The van der Waals surface area contributed by atoms with Crippen LogP contribution in [0.15, 0.2) is 30.5 Å². The second-order valence-electron chi connectivity index (χ2n) is 7.37. The van der Waals surface area contributed by atoms with Gasteiger partial charge in [0.25, 0.3) is 0 Å². The van der Waals surface area contributed by atoms with Crippen molar-refractivity contribution in [1.29, 1.82) is 0 Å². The number of anilines is 3. The van der Waals surface area contributed by atoms with E-state index in [0.29, 0.717) is 24.3 Å². The zero-order chi connectivity index (χ0) is 18.8. The Balaban J connectivity index is 1.45. The summed E-state index contributed by atoms with van der Waals surface area (Å²) < 4.78 is 11.7. The van der Waals surface area contributed by atoms with Gasteiger partial charge in [-0.2, -0.15) is 4.98 Å². The Bertz CT molecular complexity index is 796. The predicted octanol–water partition coefficient (Wildman–Crippen LogP) is 2.70. The monoisotopic (exact) mass is 369 g/mol. The van der Waals surface area contributed by atoms with Crippen LogP contribution in [-0.2, 0) is 0 Å². The maximum Gasteiger partial charge on any atom is 0.231 e. The van der Waals surface area contributed by atoms with Crippen LogP contribution in [0, 0.1) is 5.92 Å². The molecular weight excluding hydrogens is 342 g/mol. The lowest BCUT2D eigenvalue weighted by Crippen LogP contribution is -2.24. The summed E-state index contributed by atoms with van der Waals surface area (Å²) in [5.74, 6) is 3.04. The van der Waals surface area contributed by atoms with Gasteiger partial charge in [0.15, 0.2) is 11.5 Å². The molecule has 2 fully saturated rings. The van der Waals surface area contributed by atoms with Gasteiger partial charge in [0.05, 0.1) is 13.7 Å². The van der Waals surface area contributed by atoms with Gasteiger partial charge in [-0.15, -0.1) is 0 Å². The summed E-state index contributed by atoms with van der Waals surface area (Å²) >= 11 is 0. The SMILES string of the molecule is COc1ccc(N(C)c2nccc(N)n2)cc1OCC1CCN(C2CC2)C1. The van der Waals surface area contributed by atoms with Crippen LogP contribution in [0.1, 0.15) is 19.3 Å². The number of nitrogens with zero attached hydrogens (tertiary/aromatic N) is 4. The largest absolute Gasteiger partial charge is 0.493 e. The van der Waals surface area contributed by atoms with Crippen molar-refractivity contribution in [3.63, 3.8) is 0 Å². The molecule has 1 aliphatic heterocycles. The fourth-order valence-electron chi connectivity index (χ4n) is 3.60. The molecule has 1 saturated heterocycles. The maximum absolute atomic E-state index is 6.17. The van der Waals surface area contributed by atoms with Crippen LogP contribution in [-0.4, -0.2) is 54.8 Å². The summed E-state index contributed by atoms with van der Waals surface area (Å²) in [6.07, 6.45) is 5.58. The van der Waals surface area contributed by atoms with E-state index in [0.717, 1.165) is 29.8 Å². The van der Waals surface area contributed by atoms with E-state index in [4.69, 9.17) is 15.2 Å². The zero-order valence-electron chi connectivity index (χ0n) is 16.0. The Kier molecular flexibility index (Phi) is 5.03. The number of ether oxygens (including phenoxy) is 2. The van der Waals surface area contributed by atoms with Gasteiger partial charge in [-0.05, 0) is 44.0 Å². The number of methoxy groups -OCH3 is 1. The summed E-state index contributed by atoms with van der Waals surface area (Å²) in [7, 11) is 3.57. The average Bonchev–Trinajstić information content (AvgIpc) is 3.43. The molecule has 0 radical (unpaired) electrons. The highest BCUT2D eigenvalue weighted by molar-refractivity contribution is 5.62. The van der Waals surface area contributed by atoms with Crippen molar-refractivity contribution in [2.45, 2.75) is 25.3 Å². The Morgan fingerprint density at radius 2 is 2.07 bits per heavy atom. The molecule has 1 saturated carbocycles. The minimum absolute atomic E-state index is 0.443. The number of nitrogen functional groups attached to an aromatic ring is 1. The third-order valence-electron chi connectivity index (χ3n) is 5.35. The Morgan fingerprint density at radius 3 is 2.81 bits per heavy atom. The first-order chi connectivity index (χ1) is 13.1. The molecule has 1 atom stereocenters. The van der Waals surface area contributed by atoms with Gasteiger partial charge in [-0.3, -0.25) is 4.90 Å². The number of hydrogen-bond acceptors (Lipinski definition) is 7. The van der Waals surface area contributed by atoms with E-state index >= 15 is 0 Å². The van der Waals surface area contributed by atoms with Crippen LogP contribution in [0.2, 0.25) is 0 Å². The van der Waals surface area contributed by atoms with Crippen LogP contribution >= 0.6 is 0 Å². The summed E-state index contributed by atoms with van der Waals surface area (Å²) in [5.41, 5.74) is 6.70. The summed E-state index contributed by atoms with van der Waals surface area (Å²) in [6.45, 7) is 3.05. The first-order valence-corrected chi connectivity index (χ1v) is 9.51. The molecule has 2 heterocycles. The second kappa shape index (κ2) is 7.60. The third kappa shape index (κ3) is 4.08. The summed E-state index contributed by atoms with van der Waals surface area (Å²) in [6, 6.07) is 8.35. The molecular formula is C20H27N5O2. The molecule has 7 nitrogen and oxygen atoms in total. The summed E-state index contributed by atoms with van der Waals surface area (Å²) in [5, 5.41) is 0. The van der Waals surface area contributed by atoms with Gasteiger partial charge >= 0.3 is 0 Å². The zero-order valence-corrected chi connectivity index (χ0v) is 16.0. The van der Waals surface area contributed by atoms with Gasteiger partial charge < -0.3 is 20.1 Å². The molecule has 144 valence electrons. The Morgan fingerprint density at radius 1 is 1.22 bits per heavy atom. The first-order valence-electron chi connectivity index (χ1n) is 9.51. The standard InChI is InChI=1S/C20H27N5O2/c1-24(20-22-9-7-19(21)23-20)16-5-6-17(26-2)18(11-16)27-13-14-8-10-25(12-14)15-3-4-15/h5-7,9,11,14-15H,3-4,8,10,12-13H2,1-2H3,(H2,21,22,23). The van der Waals surface area contributed by atoms with Crippen molar-refractivity contribution in [3.05, 3.63) is 30.5 Å². The molecule has 7 heteroatoms. The van der Waals surface area contributed by atoms with Crippen molar-refractivity contribution in [3.8, 4) is 11.5 Å². The van der Waals surface area contributed by atoms with Crippen LogP contribution < -0.4 is 20.1 Å². The van der Waals surface area contributed by atoms with Gasteiger partial charge in [-0.25, -0.2) is 4.98 Å². The quantitative estimate of drug-likeness (QED) is 0.804. The minimum atomic E-state index is 0.443. The van der Waals surface area contributed by atoms with Crippen molar-refractivity contribution < 1.29 is 9.47 Å². The number of hydrogen-bond donors (Lipinski definition) is 1. The molecule has 1 aromatic carbocycles. The van der Waals surface area contributed by atoms with E-state index in [1.807, 2.05) is 30.1 Å². The number of rotatable bonds is 7. The summed E-state index contributed by atoms with van der Waals surface area (Å²) in [4.78, 5) is 13.0. The fourth-order valence-corrected chi connectivity index (χ4v) is 3.60. The molecule has 4 rings (SSSR count). The topological polar surface area (TPSA) is 76.7 Å². The maximum atomic E-state index is 6.17. The van der Waals surface area contributed by atoms with Crippen LogP contribution in [0.4, 0.5) is 17.5 Å². The molecule has 1 unspecified atom stereocenters. The normalized spacial score (nSPS) is 19.9. The van der Waals surface area contributed by atoms with Crippen LogP contribution in [0.3, 0.4) is 0 Å². The molecule has 1 aliphatic carbocycles. The number of likely N-dealkylation sites (tertiary alicyclic amines) is 1.